The fraction of sp³-hybridized carbons (Fsp3) is 1.00. The summed E-state index contributed by atoms with van der Waals surface area (Å²) < 4.78 is 5.53. The number of rotatable bonds is 7. The number of hydrogen-bond acceptors (Lipinski definition) is 2. The van der Waals surface area contributed by atoms with Crippen LogP contribution in [0.2, 0.25) is 0 Å². The van der Waals surface area contributed by atoms with E-state index in [0.29, 0.717) is 6.10 Å². The predicted molar refractivity (Wildman–Crippen MR) is 58.3 cm³/mol. The van der Waals surface area contributed by atoms with Gasteiger partial charge in [-0.25, -0.2) is 0 Å². The van der Waals surface area contributed by atoms with Crippen LogP contribution in [0.3, 0.4) is 0 Å². The van der Waals surface area contributed by atoms with Gasteiger partial charge in [-0.3, -0.25) is 0 Å². The van der Waals surface area contributed by atoms with Crippen LogP contribution in [0.5, 0.6) is 0 Å². The highest BCUT2D eigenvalue weighted by atomic mass is 16.5. The second kappa shape index (κ2) is 4.63. The van der Waals surface area contributed by atoms with E-state index in [4.69, 9.17) is 4.74 Å². The third-order valence-corrected chi connectivity index (χ3v) is 3.19. The maximum Gasteiger partial charge on any atom is 0.0594 e. The highest BCUT2D eigenvalue weighted by Crippen LogP contribution is 2.44. The largest absolute Gasteiger partial charge is 0.377 e. The average molecular weight is 197 g/mol. The molecule has 0 aromatic rings. The molecule has 0 spiro atoms. The van der Waals surface area contributed by atoms with Crippen molar-refractivity contribution >= 4 is 0 Å². The summed E-state index contributed by atoms with van der Waals surface area (Å²) in [5.74, 6) is 2.00. The van der Waals surface area contributed by atoms with Crippen LogP contribution in [0.25, 0.3) is 0 Å². The van der Waals surface area contributed by atoms with Crippen molar-refractivity contribution < 1.29 is 4.74 Å². The summed E-state index contributed by atoms with van der Waals surface area (Å²) >= 11 is 0. The second-order valence-electron chi connectivity index (χ2n) is 5.07. The number of ether oxygens (including phenoxy) is 1. The molecule has 0 aliphatic heterocycles. The lowest BCUT2D eigenvalue weighted by atomic mass is 10.1. The zero-order valence-electron chi connectivity index (χ0n) is 9.46. The Balaban J connectivity index is 1.57. The van der Waals surface area contributed by atoms with Crippen molar-refractivity contribution in [1.82, 2.24) is 5.32 Å². The Morgan fingerprint density at radius 1 is 1.14 bits per heavy atom. The lowest BCUT2D eigenvalue weighted by Crippen LogP contribution is -2.35. The lowest BCUT2D eigenvalue weighted by molar-refractivity contribution is 0.0784. The molecule has 0 amide bonds. The highest BCUT2D eigenvalue weighted by Gasteiger charge is 2.40. The minimum atomic E-state index is 0.372. The van der Waals surface area contributed by atoms with Crippen LogP contribution in [0.4, 0.5) is 0 Å². The summed E-state index contributed by atoms with van der Waals surface area (Å²) in [6, 6.07) is 0.825. The Hall–Kier alpha value is -0.0800. The monoisotopic (exact) mass is 197 g/mol. The molecular weight excluding hydrogens is 174 g/mol. The fourth-order valence-corrected chi connectivity index (χ4v) is 2.15. The Bertz CT molecular complexity index is 161. The van der Waals surface area contributed by atoms with E-state index in [1.54, 1.807) is 0 Å². The summed E-state index contributed by atoms with van der Waals surface area (Å²) in [4.78, 5) is 0. The molecule has 14 heavy (non-hydrogen) atoms. The number of hydrogen-bond donors (Lipinski definition) is 1. The van der Waals surface area contributed by atoms with Crippen LogP contribution in [0, 0.1) is 11.8 Å². The molecule has 0 radical (unpaired) electrons. The van der Waals surface area contributed by atoms with Crippen molar-refractivity contribution in [2.45, 2.75) is 51.7 Å². The van der Waals surface area contributed by atoms with E-state index in [-0.39, 0.29) is 0 Å². The van der Waals surface area contributed by atoms with Crippen LogP contribution in [-0.4, -0.2) is 25.3 Å². The van der Waals surface area contributed by atoms with Gasteiger partial charge in [0, 0.05) is 12.6 Å². The van der Waals surface area contributed by atoms with E-state index in [1.807, 2.05) is 0 Å². The zero-order chi connectivity index (χ0) is 9.97. The summed E-state index contributed by atoms with van der Waals surface area (Å²) in [5, 5.41) is 3.67. The van der Waals surface area contributed by atoms with Gasteiger partial charge in [0.05, 0.1) is 12.7 Å². The Labute approximate surface area is 87.4 Å². The fourth-order valence-electron chi connectivity index (χ4n) is 2.15. The van der Waals surface area contributed by atoms with Gasteiger partial charge < -0.3 is 10.1 Å². The highest BCUT2D eigenvalue weighted by molar-refractivity contribution is 4.96. The smallest absolute Gasteiger partial charge is 0.0594 e. The average Bonchev–Trinajstić information content (AvgIpc) is 2.99. The van der Waals surface area contributed by atoms with Gasteiger partial charge in [-0.1, -0.05) is 0 Å². The minimum Gasteiger partial charge on any atom is -0.377 e. The molecule has 2 aliphatic rings. The van der Waals surface area contributed by atoms with Gasteiger partial charge in [-0.2, -0.15) is 0 Å². The van der Waals surface area contributed by atoms with E-state index < -0.39 is 0 Å². The zero-order valence-corrected chi connectivity index (χ0v) is 9.46. The van der Waals surface area contributed by atoms with Crippen molar-refractivity contribution in [3.05, 3.63) is 0 Å². The second-order valence-corrected chi connectivity index (χ2v) is 5.07. The molecule has 0 unspecified atom stereocenters. The molecule has 0 bridgehead atoms. The Morgan fingerprint density at radius 2 is 1.71 bits per heavy atom. The van der Waals surface area contributed by atoms with Gasteiger partial charge in [-0.15, -0.1) is 0 Å². The standard InChI is InChI=1S/C12H23NO/c1-9(2)14-8-7-13-12(10-3-4-10)11-5-6-11/h9-13H,3-8H2,1-2H3. The van der Waals surface area contributed by atoms with Crippen molar-refractivity contribution in [3.63, 3.8) is 0 Å². The molecule has 0 saturated heterocycles. The van der Waals surface area contributed by atoms with Gasteiger partial charge in [0.1, 0.15) is 0 Å². The van der Waals surface area contributed by atoms with Crippen molar-refractivity contribution in [1.29, 1.82) is 0 Å². The predicted octanol–water partition coefficient (Wildman–Crippen LogP) is 2.19. The van der Waals surface area contributed by atoms with Crippen LogP contribution in [-0.2, 0) is 4.74 Å². The maximum atomic E-state index is 5.53. The van der Waals surface area contributed by atoms with Crippen LogP contribution < -0.4 is 5.32 Å². The summed E-state index contributed by atoms with van der Waals surface area (Å²) in [5.41, 5.74) is 0. The molecule has 2 rings (SSSR count). The SMILES string of the molecule is CC(C)OCCNC(C1CC1)C1CC1. The molecule has 1 N–H and O–H groups in total. The van der Waals surface area contributed by atoms with Gasteiger partial charge in [0.2, 0.25) is 0 Å². The molecule has 2 aliphatic carbocycles. The van der Waals surface area contributed by atoms with E-state index in [1.165, 1.54) is 25.7 Å². The first-order chi connectivity index (χ1) is 6.77. The molecule has 0 heterocycles. The normalized spacial score (nSPS) is 22.3. The molecule has 0 aromatic heterocycles. The Morgan fingerprint density at radius 3 is 2.14 bits per heavy atom. The topological polar surface area (TPSA) is 21.3 Å². The van der Waals surface area contributed by atoms with E-state index in [0.717, 1.165) is 31.0 Å². The van der Waals surface area contributed by atoms with E-state index in [9.17, 15) is 0 Å². The molecule has 0 aromatic carbocycles. The van der Waals surface area contributed by atoms with E-state index in [2.05, 4.69) is 19.2 Å². The maximum absolute atomic E-state index is 5.53. The van der Waals surface area contributed by atoms with Gasteiger partial charge in [0.25, 0.3) is 0 Å². The lowest BCUT2D eigenvalue weighted by Gasteiger charge is -2.18. The molecule has 2 saturated carbocycles. The molecule has 82 valence electrons. The first-order valence-electron chi connectivity index (χ1n) is 6.12. The quantitative estimate of drug-likeness (QED) is 0.632. The number of nitrogens with one attached hydrogen (secondary N) is 1. The third-order valence-electron chi connectivity index (χ3n) is 3.19. The molecule has 2 heteroatoms. The molecule has 2 nitrogen and oxygen atoms in total. The minimum absolute atomic E-state index is 0.372. The summed E-state index contributed by atoms with van der Waals surface area (Å²) in [6.07, 6.45) is 6.20. The van der Waals surface area contributed by atoms with Crippen LogP contribution in [0.1, 0.15) is 39.5 Å². The molecule has 0 atom stereocenters. The van der Waals surface area contributed by atoms with Gasteiger partial charge in [-0.05, 0) is 51.4 Å². The molecular formula is C12H23NO. The van der Waals surface area contributed by atoms with Crippen molar-refractivity contribution in [2.24, 2.45) is 11.8 Å². The van der Waals surface area contributed by atoms with Crippen molar-refractivity contribution in [2.75, 3.05) is 13.2 Å². The van der Waals surface area contributed by atoms with Gasteiger partial charge >= 0.3 is 0 Å². The third kappa shape index (κ3) is 3.25. The van der Waals surface area contributed by atoms with E-state index >= 15 is 0 Å². The summed E-state index contributed by atoms with van der Waals surface area (Å²) in [7, 11) is 0. The first-order valence-corrected chi connectivity index (χ1v) is 6.12. The van der Waals surface area contributed by atoms with Crippen LogP contribution >= 0.6 is 0 Å². The van der Waals surface area contributed by atoms with Crippen molar-refractivity contribution in [3.8, 4) is 0 Å². The van der Waals surface area contributed by atoms with Crippen LogP contribution in [0.15, 0.2) is 0 Å². The van der Waals surface area contributed by atoms with Gasteiger partial charge in [0.15, 0.2) is 0 Å². The first kappa shape index (κ1) is 10.4. The summed E-state index contributed by atoms with van der Waals surface area (Å²) in [6.45, 7) is 6.10. The molecule has 2 fully saturated rings. The Kier molecular flexibility index (Phi) is 3.45.